The van der Waals surface area contributed by atoms with Crippen molar-refractivity contribution in [3.8, 4) is 0 Å². The van der Waals surface area contributed by atoms with Gasteiger partial charge in [0.15, 0.2) is 0 Å². The third-order valence-electron chi connectivity index (χ3n) is 7.84. The Kier molecular flexibility index (Phi) is 27.5. The lowest BCUT2D eigenvalue weighted by Gasteiger charge is -2.19. The summed E-state index contributed by atoms with van der Waals surface area (Å²) < 4.78 is 5.14. The molecule has 246 valence electrons. The fourth-order valence-electron chi connectivity index (χ4n) is 5.19. The van der Waals surface area contributed by atoms with Gasteiger partial charge >= 0.3 is 11.9 Å². The Balaban J connectivity index is 4.26. The summed E-state index contributed by atoms with van der Waals surface area (Å²) in [6, 6.07) is -0.812. The Morgan fingerprint density at radius 1 is 0.619 bits per heavy atom. The van der Waals surface area contributed by atoms with E-state index in [-0.39, 0.29) is 18.9 Å². The zero-order valence-electron chi connectivity index (χ0n) is 27.3. The average molecular weight is 597 g/mol. The molecule has 2 atom stereocenters. The largest absolute Gasteiger partial charge is 0.481 e. The number of esters is 1. The van der Waals surface area contributed by atoms with Crippen molar-refractivity contribution in [2.24, 2.45) is 5.92 Å². The number of carboxylic acid groups (broad SMARTS) is 1. The van der Waals surface area contributed by atoms with Gasteiger partial charge in [-0.25, -0.2) is 4.79 Å². The molecule has 0 radical (unpaired) electrons. The third kappa shape index (κ3) is 24.5. The van der Waals surface area contributed by atoms with Crippen LogP contribution in [0.3, 0.4) is 0 Å². The first-order chi connectivity index (χ1) is 20.3. The molecule has 8 heteroatoms. The maximum absolute atomic E-state index is 12.7. The van der Waals surface area contributed by atoms with Crippen molar-refractivity contribution in [2.45, 2.75) is 174 Å². The number of rotatable bonds is 30. The molecule has 0 heterocycles. The van der Waals surface area contributed by atoms with Crippen LogP contribution in [0.25, 0.3) is 0 Å². The van der Waals surface area contributed by atoms with Gasteiger partial charge in [-0.1, -0.05) is 117 Å². The van der Waals surface area contributed by atoms with Crippen LogP contribution in [0, 0.1) is 5.92 Å². The van der Waals surface area contributed by atoms with Crippen LogP contribution < -0.4 is 10.6 Å². The van der Waals surface area contributed by atoms with Gasteiger partial charge in [-0.3, -0.25) is 14.4 Å². The number of carbonyl (C=O) groups excluding carboxylic acids is 3. The minimum absolute atomic E-state index is 0.0596. The lowest BCUT2D eigenvalue weighted by atomic mass is 9.96. The molecule has 0 saturated heterocycles. The van der Waals surface area contributed by atoms with Gasteiger partial charge in [0.1, 0.15) is 6.04 Å². The topological polar surface area (TPSA) is 122 Å². The summed E-state index contributed by atoms with van der Waals surface area (Å²) in [4.78, 5) is 49.0. The number of ether oxygens (including phenoxy) is 1. The molecule has 3 N–H and O–H groups in total. The summed E-state index contributed by atoms with van der Waals surface area (Å²) >= 11 is 0. The van der Waals surface area contributed by atoms with Gasteiger partial charge in [-0.2, -0.15) is 0 Å². The van der Waals surface area contributed by atoms with E-state index in [9.17, 15) is 24.3 Å². The van der Waals surface area contributed by atoms with Gasteiger partial charge in [0.2, 0.25) is 11.8 Å². The van der Waals surface area contributed by atoms with E-state index in [2.05, 4.69) is 24.5 Å². The molecule has 0 aromatic carbocycles. The van der Waals surface area contributed by atoms with E-state index in [4.69, 9.17) is 4.74 Å². The number of unbranched alkanes of at least 4 members (excludes halogenated alkanes) is 16. The normalized spacial score (nSPS) is 12.5. The van der Waals surface area contributed by atoms with Crippen LogP contribution in [0.1, 0.15) is 168 Å². The van der Waals surface area contributed by atoms with Gasteiger partial charge in [-0.05, 0) is 39.0 Å². The molecule has 0 spiro atoms. The second-order valence-corrected chi connectivity index (χ2v) is 11.8. The molecule has 0 saturated carbocycles. The molecule has 0 aliphatic heterocycles. The molecule has 0 fully saturated rings. The van der Waals surface area contributed by atoms with Crippen LogP contribution in [0.2, 0.25) is 0 Å². The quantitative estimate of drug-likeness (QED) is 0.0573. The molecular weight excluding hydrogens is 532 g/mol. The Labute approximate surface area is 256 Å². The predicted octanol–water partition coefficient (Wildman–Crippen LogP) is 7.86. The number of hydrogen-bond donors (Lipinski definition) is 3. The van der Waals surface area contributed by atoms with E-state index < -0.39 is 29.8 Å². The average Bonchev–Trinajstić information content (AvgIpc) is 2.96. The van der Waals surface area contributed by atoms with Crippen LogP contribution in [-0.2, 0) is 23.9 Å². The van der Waals surface area contributed by atoms with Crippen LogP contribution in [0.4, 0.5) is 0 Å². The molecule has 8 nitrogen and oxygen atoms in total. The van der Waals surface area contributed by atoms with Gasteiger partial charge in [0.25, 0.3) is 0 Å². The summed E-state index contributed by atoms with van der Waals surface area (Å²) in [5.74, 6) is -2.61. The number of amides is 2. The highest BCUT2D eigenvalue weighted by Gasteiger charge is 2.26. The van der Waals surface area contributed by atoms with Crippen LogP contribution in [0.15, 0.2) is 0 Å². The van der Waals surface area contributed by atoms with Crippen molar-refractivity contribution in [3.63, 3.8) is 0 Å². The van der Waals surface area contributed by atoms with Gasteiger partial charge in [0.05, 0.1) is 12.5 Å². The van der Waals surface area contributed by atoms with Crippen LogP contribution in [-0.4, -0.2) is 48.1 Å². The van der Waals surface area contributed by atoms with Crippen molar-refractivity contribution in [1.82, 2.24) is 10.6 Å². The first-order valence-corrected chi connectivity index (χ1v) is 17.3. The van der Waals surface area contributed by atoms with Crippen molar-refractivity contribution in [3.05, 3.63) is 0 Å². The SMILES string of the molecule is CCCCCCCCCCCC(=O)NCCCC[C@H](NC(=O)CC(CCCCCCCCCC)C(=O)O)C(=O)OCC. The Morgan fingerprint density at radius 2 is 1.12 bits per heavy atom. The minimum Gasteiger partial charge on any atom is -0.481 e. The van der Waals surface area contributed by atoms with Gasteiger partial charge in [0, 0.05) is 19.4 Å². The van der Waals surface area contributed by atoms with E-state index >= 15 is 0 Å². The molecule has 0 aromatic rings. The minimum atomic E-state index is -0.973. The smallest absolute Gasteiger partial charge is 0.328 e. The summed E-state index contributed by atoms with van der Waals surface area (Å²) in [6.07, 6.45) is 22.5. The first kappa shape index (κ1) is 39.9. The maximum Gasteiger partial charge on any atom is 0.328 e. The highest BCUT2D eigenvalue weighted by Crippen LogP contribution is 2.17. The molecule has 42 heavy (non-hydrogen) atoms. The number of aliphatic carboxylic acids is 1. The fraction of sp³-hybridized carbons (Fsp3) is 0.882. The van der Waals surface area contributed by atoms with Crippen molar-refractivity contribution >= 4 is 23.8 Å². The predicted molar refractivity (Wildman–Crippen MR) is 170 cm³/mol. The van der Waals surface area contributed by atoms with E-state index in [0.717, 1.165) is 32.1 Å². The number of carboxylic acids is 1. The lowest BCUT2D eigenvalue weighted by Crippen LogP contribution is -2.43. The number of hydrogen-bond acceptors (Lipinski definition) is 5. The Morgan fingerprint density at radius 3 is 1.64 bits per heavy atom. The van der Waals surface area contributed by atoms with Crippen molar-refractivity contribution in [1.29, 1.82) is 0 Å². The standard InChI is InChI=1S/C34H64N2O6/c1-4-7-9-11-13-15-17-19-21-26-31(37)35-27-23-22-25-30(34(41)42-6-3)36-32(38)28-29(33(39)40)24-20-18-16-14-12-10-8-5-2/h29-30H,4-28H2,1-3H3,(H,35,37)(H,36,38)(H,39,40)/t29?,30-/m0/s1. The molecular formula is C34H64N2O6. The van der Waals surface area contributed by atoms with E-state index in [1.165, 1.54) is 77.0 Å². The zero-order valence-corrected chi connectivity index (χ0v) is 27.3. The van der Waals surface area contributed by atoms with E-state index in [1.54, 1.807) is 6.92 Å². The van der Waals surface area contributed by atoms with E-state index in [0.29, 0.717) is 38.6 Å². The molecule has 0 aliphatic rings. The van der Waals surface area contributed by atoms with Gasteiger partial charge in [-0.15, -0.1) is 0 Å². The van der Waals surface area contributed by atoms with Crippen LogP contribution in [0.5, 0.6) is 0 Å². The molecule has 0 rings (SSSR count). The lowest BCUT2D eigenvalue weighted by molar-refractivity contribution is -0.148. The van der Waals surface area contributed by atoms with E-state index in [1.807, 2.05) is 0 Å². The third-order valence-corrected chi connectivity index (χ3v) is 7.84. The van der Waals surface area contributed by atoms with Gasteiger partial charge < -0.3 is 20.5 Å². The molecule has 0 aliphatic carbocycles. The number of nitrogens with one attached hydrogen (secondary N) is 2. The second kappa shape index (κ2) is 29.0. The Bertz CT molecular complexity index is 700. The summed E-state index contributed by atoms with van der Waals surface area (Å²) in [6.45, 7) is 6.86. The highest BCUT2D eigenvalue weighted by molar-refractivity contribution is 5.86. The fourth-order valence-corrected chi connectivity index (χ4v) is 5.19. The summed E-state index contributed by atoms with van der Waals surface area (Å²) in [5.41, 5.74) is 0. The van der Waals surface area contributed by atoms with Crippen molar-refractivity contribution in [2.75, 3.05) is 13.2 Å². The second-order valence-electron chi connectivity index (χ2n) is 11.8. The molecule has 1 unspecified atom stereocenters. The van der Waals surface area contributed by atoms with Crippen LogP contribution >= 0.6 is 0 Å². The maximum atomic E-state index is 12.7. The summed E-state index contributed by atoms with van der Waals surface area (Å²) in [7, 11) is 0. The number of carbonyl (C=O) groups is 4. The molecule has 0 aromatic heterocycles. The first-order valence-electron chi connectivity index (χ1n) is 17.3. The highest BCUT2D eigenvalue weighted by atomic mass is 16.5. The monoisotopic (exact) mass is 596 g/mol. The zero-order chi connectivity index (χ0) is 31.3. The molecule has 2 amide bonds. The molecule has 0 bridgehead atoms. The Hall–Kier alpha value is -2.12. The van der Waals surface area contributed by atoms with Crippen molar-refractivity contribution < 1.29 is 29.0 Å². The summed E-state index contributed by atoms with van der Waals surface area (Å²) in [5, 5.41) is 15.3.